The van der Waals surface area contributed by atoms with Gasteiger partial charge in [-0.15, -0.1) is 0 Å². The zero-order valence-electron chi connectivity index (χ0n) is 15.8. The summed E-state index contributed by atoms with van der Waals surface area (Å²) in [6, 6.07) is 7.30. The molecule has 1 aromatic rings. The normalized spacial score (nSPS) is 27.8. The van der Waals surface area contributed by atoms with Crippen LogP contribution >= 0.6 is 0 Å². The van der Waals surface area contributed by atoms with Crippen LogP contribution < -0.4 is 5.32 Å². The van der Waals surface area contributed by atoms with Gasteiger partial charge < -0.3 is 10.1 Å². The fraction of sp³-hybridized carbons (Fsp3) is 0.524. The number of carbonyl (C=O) groups excluding carboxylic acids is 4. The van der Waals surface area contributed by atoms with Gasteiger partial charge in [-0.25, -0.2) is 0 Å². The molecule has 0 spiro atoms. The summed E-state index contributed by atoms with van der Waals surface area (Å²) in [7, 11) is 0. The van der Waals surface area contributed by atoms with E-state index in [0.29, 0.717) is 17.5 Å². The van der Waals surface area contributed by atoms with Gasteiger partial charge in [-0.3, -0.25) is 24.1 Å². The van der Waals surface area contributed by atoms with Crippen LogP contribution in [0.5, 0.6) is 0 Å². The van der Waals surface area contributed by atoms with Crippen LogP contribution in [0.2, 0.25) is 0 Å². The highest BCUT2D eigenvalue weighted by molar-refractivity contribution is 6.06. The molecule has 0 radical (unpaired) electrons. The van der Waals surface area contributed by atoms with Crippen LogP contribution in [0.25, 0.3) is 0 Å². The second-order valence-corrected chi connectivity index (χ2v) is 8.04. The van der Waals surface area contributed by atoms with Crippen molar-refractivity contribution in [1.29, 1.82) is 0 Å². The number of nitrogens with zero attached hydrogens (tertiary/aromatic N) is 1. The molecule has 4 atom stereocenters. The van der Waals surface area contributed by atoms with Gasteiger partial charge in [0.05, 0.1) is 18.3 Å². The van der Waals surface area contributed by atoms with E-state index in [2.05, 4.69) is 5.32 Å². The lowest BCUT2D eigenvalue weighted by Gasteiger charge is -2.19. The molecule has 7 nitrogen and oxygen atoms in total. The quantitative estimate of drug-likeness (QED) is 0.597. The number of carbonyl (C=O) groups is 4. The molecule has 3 fully saturated rings. The Hall–Kier alpha value is -2.70. The fourth-order valence-corrected chi connectivity index (χ4v) is 5.03. The number of amides is 3. The number of hydrogen-bond acceptors (Lipinski definition) is 5. The average Bonchev–Trinajstić information content (AvgIpc) is 3.33. The summed E-state index contributed by atoms with van der Waals surface area (Å²) in [5.41, 5.74) is 1.64. The molecule has 4 rings (SSSR count). The van der Waals surface area contributed by atoms with Crippen LogP contribution in [0.1, 0.15) is 31.2 Å². The molecular formula is C21H24N2O5. The van der Waals surface area contributed by atoms with Crippen molar-refractivity contribution in [2.45, 2.75) is 32.6 Å². The first-order valence-corrected chi connectivity index (χ1v) is 9.81. The smallest absolute Gasteiger partial charge is 0.308 e. The van der Waals surface area contributed by atoms with E-state index in [-0.39, 0.29) is 36.6 Å². The lowest BCUT2D eigenvalue weighted by Crippen LogP contribution is -2.35. The Morgan fingerprint density at radius 2 is 1.82 bits per heavy atom. The molecule has 2 bridgehead atoms. The molecule has 3 aliphatic rings. The monoisotopic (exact) mass is 384 g/mol. The molecule has 1 aromatic carbocycles. The Morgan fingerprint density at radius 1 is 1.14 bits per heavy atom. The van der Waals surface area contributed by atoms with Crippen molar-refractivity contribution in [2.75, 3.05) is 18.5 Å². The van der Waals surface area contributed by atoms with Crippen LogP contribution in [0.3, 0.4) is 0 Å². The molecule has 3 amide bonds. The van der Waals surface area contributed by atoms with Gasteiger partial charge in [0, 0.05) is 12.2 Å². The number of rotatable bonds is 6. The largest absolute Gasteiger partial charge is 0.456 e. The van der Waals surface area contributed by atoms with Crippen LogP contribution in [-0.2, 0) is 23.9 Å². The zero-order valence-corrected chi connectivity index (χ0v) is 15.8. The molecule has 0 unspecified atom stereocenters. The van der Waals surface area contributed by atoms with Gasteiger partial charge in [-0.1, -0.05) is 12.1 Å². The summed E-state index contributed by atoms with van der Waals surface area (Å²) >= 11 is 0. The Morgan fingerprint density at radius 3 is 2.46 bits per heavy atom. The number of likely N-dealkylation sites (tertiary alicyclic amines) is 1. The van der Waals surface area contributed by atoms with Crippen molar-refractivity contribution in [3.05, 3.63) is 29.8 Å². The molecule has 1 heterocycles. The Balaban J connectivity index is 1.23. The minimum atomic E-state index is -0.597. The fourth-order valence-electron chi connectivity index (χ4n) is 5.03. The average molecular weight is 384 g/mol. The van der Waals surface area contributed by atoms with Gasteiger partial charge in [0.25, 0.3) is 5.91 Å². The maximum Gasteiger partial charge on any atom is 0.308 e. The number of fused-ring (bicyclic) bond motifs is 5. The van der Waals surface area contributed by atoms with E-state index in [1.165, 1.54) is 4.90 Å². The summed E-state index contributed by atoms with van der Waals surface area (Å²) in [5, 5.41) is 2.66. The van der Waals surface area contributed by atoms with Crippen LogP contribution in [0.4, 0.5) is 5.69 Å². The first-order valence-electron chi connectivity index (χ1n) is 9.81. The Bertz CT molecular complexity index is 808. The maximum atomic E-state index is 12.6. The summed E-state index contributed by atoms with van der Waals surface area (Å²) in [5.74, 6) is -0.995. The SMILES string of the molecule is Cc1cccc(NC(=O)COC(=O)CCN2C(=O)[C@H]3[C@H]4CC[C@@H](C4)[C@@H]3C2=O)c1. The molecule has 7 heteroatoms. The Kier molecular flexibility index (Phi) is 4.91. The maximum absolute atomic E-state index is 12.6. The van der Waals surface area contributed by atoms with Crippen LogP contribution in [-0.4, -0.2) is 41.7 Å². The second kappa shape index (κ2) is 7.37. The van der Waals surface area contributed by atoms with Crippen molar-refractivity contribution >= 4 is 29.4 Å². The number of ether oxygens (including phenoxy) is 1. The number of nitrogens with one attached hydrogen (secondary N) is 1. The highest BCUT2D eigenvalue weighted by atomic mass is 16.5. The van der Waals surface area contributed by atoms with Crippen molar-refractivity contribution in [3.63, 3.8) is 0 Å². The van der Waals surface area contributed by atoms with Crippen molar-refractivity contribution in [2.24, 2.45) is 23.7 Å². The second-order valence-electron chi connectivity index (χ2n) is 8.04. The molecule has 1 saturated heterocycles. The third-order valence-electron chi connectivity index (χ3n) is 6.22. The topological polar surface area (TPSA) is 92.8 Å². The minimum Gasteiger partial charge on any atom is -0.456 e. The number of imide groups is 1. The number of aryl methyl sites for hydroxylation is 1. The number of benzene rings is 1. The Labute approximate surface area is 163 Å². The van der Waals surface area contributed by atoms with Gasteiger partial charge in [0.15, 0.2) is 6.61 Å². The van der Waals surface area contributed by atoms with E-state index in [1.807, 2.05) is 25.1 Å². The van der Waals surface area contributed by atoms with E-state index in [1.54, 1.807) is 6.07 Å². The molecule has 1 aliphatic heterocycles. The lowest BCUT2D eigenvalue weighted by molar-refractivity contribution is -0.149. The number of esters is 1. The standard InChI is InChI=1S/C21H24N2O5/c1-12-3-2-4-15(9-12)22-16(24)11-28-17(25)7-8-23-20(26)18-13-5-6-14(10-13)19(18)21(23)27/h2-4,9,13-14,18-19H,5-8,10-11H2,1H3,(H,22,24)/t13-,14-,18-,19-/m0/s1. The van der Waals surface area contributed by atoms with E-state index in [9.17, 15) is 19.2 Å². The zero-order chi connectivity index (χ0) is 19.8. The lowest BCUT2D eigenvalue weighted by atomic mass is 9.81. The van der Waals surface area contributed by atoms with Crippen molar-refractivity contribution in [1.82, 2.24) is 4.90 Å². The molecule has 2 aliphatic carbocycles. The molecule has 2 saturated carbocycles. The number of hydrogen-bond donors (Lipinski definition) is 1. The first-order chi connectivity index (χ1) is 13.4. The van der Waals surface area contributed by atoms with Crippen LogP contribution in [0, 0.1) is 30.6 Å². The summed E-state index contributed by atoms with van der Waals surface area (Å²) < 4.78 is 4.98. The van der Waals surface area contributed by atoms with Crippen molar-refractivity contribution < 1.29 is 23.9 Å². The highest BCUT2D eigenvalue weighted by Crippen LogP contribution is 2.56. The summed E-state index contributed by atoms with van der Waals surface area (Å²) in [6.45, 7) is 1.54. The predicted molar refractivity (Wildman–Crippen MR) is 99.9 cm³/mol. The van der Waals surface area contributed by atoms with Gasteiger partial charge >= 0.3 is 5.97 Å². The van der Waals surface area contributed by atoms with Gasteiger partial charge in [0.1, 0.15) is 0 Å². The molecule has 0 aromatic heterocycles. The highest BCUT2D eigenvalue weighted by Gasteiger charge is 2.60. The van der Waals surface area contributed by atoms with Gasteiger partial charge in [-0.2, -0.15) is 0 Å². The van der Waals surface area contributed by atoms with E-state index < -0.39 is 18.5 Å². The molecule has 28 heavy (non-hydrogen) atoms. The van der Waals surface area contributed by atoms with E-state index in [0.717, 1.165) is 24.8 Å². The molecular weight excluding hydrogens is 360 g/mol. The van der Waals surface area contributed by atoms with E-state index >= 15 is 0 Å². The first kappa shape index (κ1) is 18.7. The van der Waals surface area contributed by atoms with Gasteiger partial charge in [0.2, 0.25) is 11.8 Å². The predicted octanol–water partition coefficient (Wildman–Crippen LogP) is 1.90. The third kappa shape index (κ3) is 3.41. The number of anilines is 1. The minimum absolute atomic E-state index is 0.0302. The van der Waals surface area contributed by atoms with Crippen molar-refractivity contribution in [3.8, 4) is 0 Å². The van der Waals surface area contributed by atoms with E-state index in [4.69, 9.17) is 4.74 Å². The molecule has 1 N–H and O–H groups in total. The summed E-state index contributed by atoms with van der Waals surface area (Å²) in [6.07, 6.45) is 2.94. The third-order valence-corrected chi connectivity index (χ3v) is 6.22. The summed E-state index contributed by atoms with van der Waals surface area (Å²) in [4.78, 5) is 50.3. The van der Waals surface area contributed by atoms with Crippen LogP contribution in [0.15, 0.2) is 24.3 Å². The van der Waals surface area contributed by atoms with Gasteiger partial charge in [-0.05, 0) is 55.7 Å². The molecule has 148 valence electrons.